The molecule has 19 heavy (non-hydrogen) atoms. The van der Waals surface area contributed by atoms with E-state index in [1.807, 2.05) is 0 Å². The molecule has 0 spiro atoms. The number of rotatable bonds is 3. The Labute approximate surface area is 126 Å². The summed E-state index contributed by atoms with van der Waals surface area (Å²) < 4.78 is 28.9. The van der Waals surface area contributed by atoms with Gasteiger partial charge in [0.2, 0.25) is 0 Å². The maximum Gasteiger partial charge on any atom is 0.340 e. The Kier molecular flexibility index (Phi) is 5.43. The molecule has 0 aliphatic rings. The summed E-state index contributed by atoms with van der Waals surface area (Å²) >= 11 is 11.5. The zero-order valence-electron chi connectivity index (χ0n) is 9.29. The van der Waals surface area contributed by atoms with Gasteiger partial charge in [0.1, 0.15) is 4.90 Å². The second-order valence-electron chi connectivity index (χ2n) is 3.30. The molecule has 1 heterocycles. The van der Waals surface area contributed by atoms with Crippen molar-refractivity contribution in [1.82, 2.24) is 4.98 Å². The zero-order chi connectivity index (χ0) is 13.2. The van der Waals surface area contributed by atoms with Crippen LogP contribution < -0.4 is 4.18 Å². The van der Waals surface area contributed by atoms with Crippen LogP contribution in [0.15, 0.2) is 47.6 Å². The molecule has 0 fully saturated rings. The van der Waals surface area contributed by atoms with E-state index in [0.717, 1.165) is 0 Å². The van der Waals surface area contributed by atoms with E-state index < -0.39 is 10.1 Å². The van der Waals surface area contributed by atoms with Crippen molar-refractivity contribution in [2.75, 3.05) is 0 Å². The van der Waals surface area contributed by atoms with Crippen molar-refractivity contribution >= 4 is 45.7 Å². The van der Waals surface area contributed by atoms with Crippen molar-refractivity contribution in [1.29, 1.82) is 0 Å². The molecule has 0 bridgehead atoms. The van der Waals surface area contributed by atoms with Crippen molar-refractivity contribution in [2.45, 2.75) is 4.90 Å². The normalized spacial score (nSPS) is 10.6. The molecule has 2 rings (SSSR count). The predicted molar refractivity (Wildman–Crippen MR) is 75.8 cm³/mol. The number of nitrogens with zero attached hydrogens (tertiary/aromatic N) is 1. The lowest BCUT2D eigenvalue weighted by molar-refractivity contribution is 0.485. The Morgan fingerprint density at radius 2 is 1.89 bits per heavy atom. The Bertz CT molecular complexity index is 662. The lowest BCUT2D eigenvalue weighted by Crippen LogP contribution is -2.10. The molecule has 0 saturated heterocycles. The van der Waals surface area contributed by atoms with Crippen LogP contribution >= 0.6 is 35.6 Å². The summed E-state index contributed by atoms with van der Waals surface area (Å²) in [6.07, 6.45) is 2.79. The number of aromatic nitrogens is 1. The van der Waals surface area contributed by atoms with Gasteiger partial charge in [-0.3, -0.25) is 4.98 Å². The molecule has 0 unspecified atom stereocenters. The summed E-state index contributed by atoms with van der Waals surface area (Å²) in [5, 5.41) is 0.302. The molecule has 0 aliphatic heterocycles. The van der Waals surface area contributed by atoms with Crippen LogP contribution in [0.5, 0.6) is 5.75 Å². The number of hydrogen-bond donors (Lipinski definition) is 0. The molecule has 0 radical (unpaired) electrons. The Morgan fingerprint density at radius 1 is 1.16 bits per heavy atom. The number of hydrogen-bond acceptors (Lipinski definition) is 4. The highest BCUT2D eigenvalue weighted by Crippen LogP contribution is 2.27. The summed E-state index contributed by atoms with van der Waals surface area (Å²) in [6.45, 7) is 0. The lowest BCUT2D eigenvalue weighted by Gasteiger charge is -2.08. The first kappa shape index (κ1) is 16.0. The van der Waals surface area contributed by atoms with Crippen molar-refractivity contribution < 1.29 is 12.6 Å². The van der Waals surface area contributed by atoms with E-state index in [-0.39, 0.29) is 33.1 Å². The van der Waals surface area contributed by atoms with Crippen LogP contribution in [0.1, 0.15) is 0 Å². The van der Waals surface area contributed by atoms with E-state index in [9.17, 15) is 8.42 Å². The maximum absolute atomic E-state index is 12.0. The van der Waals surface area contributed by atoms with E-state index in [4.69, 9.17) is 27.4 Å². The quantitative estimate of drug-likeness (QED) is 0.801. The van der Waals surface area contributed by atoms with Crippen LogP contribution in [0.3, 0.4) is 0 Å². The highest BCUT2D eigenvalue weighted by molar-refractivity contribution is 7.87. The van der Waals surface area contributed by atoms with Crippen molar-refractivity contribution in [2.24, 2.45) is 0 Å². The standard InChI is InChI=1S/C11H7Cl2NO3S.ClH/c12-8-3-4-10(13)11(6-8)18(15,16)17-9-2-1-5-14-7-9;/h1-7H;1H. The van der Waals surface area contributed by atoms with Crippen molar-refractivity contribution in [3.8, 4) is 5.75 Å². The first-order chi connectivity index (χ1) is 8.49. The molecular weight excluding hydrogens is 333 g/mol. The van der Waals surface area contributed by atoms with Gasteiger partial charge in [-0.1, -0.05) is 23.2 Å². The summed E-state index contributed by atoms with van der Waals surface area (Å²) in [7, 11) is -4.02. The molecule has 0 amide bonds. The fraction of sp³-hybridized carbons (Fsp3) is 0. The van der Waals surface area contributed by atoms with Crippen LogP contribution in [0, 0.1) is 0 Å². The van der Waals surface area contributed by atoms with Gasteiger partial charge in [-0.15, -0.1) is 12.4 Å². The van der Waals surface area contributed by atoms with Gasteiger partial charge in [-0.25, -0.2) is 0 Å². The Balaban J connectivity index is 0.00000180. The smallest absolute Gasteiger partial charge is 0.340 e. The largest absolute Gasteiger partial charge is 0.377 e. The molecule has 102 valence electrons. The van der Waals surface area contributed by atoms with Crippen LogP contribution in [-0.2, 0) is 10.1 Å². The molecule has 0 atom stereocenters. The molecule has 4 nitrogen and oxygen atoms in total. The summed E-state index contributed by atoms with van der Waals surface area (Å²) in [5.41, 5.74) is 0. The minimum atomic E-state index is -4.02. The van der Waals surface area contributed by atoms with Gasteiger partial charge in [0.05, 0.1) is 11.2 Å². The van der Waals surface area contributed by atoms with Crippen LogP contribution in [0.25, 0.3) is 0 Å². The fourth-order valence-corrected chi connectivity index (χ4v) is 2.89. The summed E-state index contributed by atoms with van der Waals surface area (Å²) in [4.78, 5) is 3.57. The Morgan fingerprint density at radius 3 is 2.53 bits per heavy atom. The summed E-state index contributed by atoms with van der Waals surface area (Å²) in [5.74, 6) is 0.105. The third-order valence-electron chi connectivity index (χ3n) is 2.00. The molecule has 1 aromatic carbocycles. The topological polar surface area (TPSA) is 56.3 Å². The van der Waals surface area contributed by atoms with Gasteiger partial charge < -0.3 is 4.18 Å². The third kappa shape index (κ3) is 3.98. The van der Waals surface area contributed by atoms with Crippen molar-refractivity contribution in [3.63, 3.8) is 0 Å². The van der Waals surface area contributed by atoms with Gasteiger partial charge in [0, 0.05) is 11.2 Å². The first-order valence-electron chi connectivity index (χ1n) is 4.78. The van der Waals surface area contributed by atoms with Gasteiger partial charge in [-0.05, 0) is 30.3 Å². The van der Waals surface area contributed by atoms with Crippen molar-refractivity contribution in [3.05, 3.63) is 52.8 Å². The SMILES string of the molecule is Cl.O=S(=O)(Oc1cccnc1)c1cc(Cl)ccc1Cl. The zero-order valence-corrected chi connectivity index (χ0v) is 12.4. The van der Waals surface area contributed by atoms with Gasteiger partial charge in [0.15, 0.2) is 5.75 Å². The van der Waals surface area contributed by atoms with E-state index in [2.05, 4.69) is 4.98 Å². The van der Waals surface area contributed by atoms with E-state index in [1.165, 1.54) is 36.7 Å². The highest BCUT2D eigenvalue weighted by Gasteiger charge is 2.20. The van der Waals surface area contributed by atoms with Crippen LogP contribution in [0.2, 0.25) is 10.0 Å². The predicted octanol–water partition coefficient (Wildman–Crippen LogP) is 3.58. The van der Waals surface area contributed by atoms with E-state index >= 15 is 0 Å². The monoisotopic (exact) mass is 339 g/mol. The molecule has 0 saturated carbocycles. The van der Waals surface area contributed by atoms with Crippen LogP contribution in [-0.4, -0.2) is 13.4 Å². The average Bonchev–Trinajstić information content (AvgIpc) is 2.33. The number of benzene rings is 1. The number of halogens is 3. The molecule has 0 N–H and O–H groups in total. The highest BCUT2D eigenvalue weighted by atomic mass is 35.5. The average molecular weight is 341 g/mol. The minimum absolute atomic E-state index is 0. The molecule has 2 aromatic rings. The lowest BCUT2D eigenvalue weighted by atomic mass is 10.4. The maximum atomic E-state index is 12.0. The van der Waals surface area contributed by atoms with Gasteiger partial charge in [0.25, 0.3) is 0 Å². The first-order valence-corrected chi connectivity index (χ1v) is 6.95. The van der Waals surface area contributed by atoms with Crippen LogP contribution in [0.4, 0.5) is 0 Å². The second kappa shape index (κ2) is 6.43. The minimum Gasteiger partial charge on any atom is -0.377 e. The number of pyridine rings is 1. The molecular formula is C11H8Cl3NO3S. The van der Waals surface area contributed by atoms with Gasteiger partial charge >= 0.3 is 10.1 Å². The van der Waals surface area contributed by atoms with E-state index in [1.54, 1.807) is 6.07 Å². The van der Waals surface area contributed by atoms with E-state index in [0.29, 0.717) is 0 Å². The summed E-state index contributed by atoms with van der Waals surface area (Å²) in [6, 6.07) is 7.15. The fourth-order valence-electron chi connectivity index (χ4n) is 1.24. The molecule has 0 aliphatic carbocycles. The van der Waals surface area contributed by atoms with Gasteiger partial charge in [-0.2, -0.15) is 8.42 Å². The second-order valence-corrected chi connectivity index (χ2v) is 5.66. The Hall–Kier alpha value is -1.01. The molecule has 8 heteroatoms. The molecule has 1 aromatic heterocycles. The third-order valence-corrected chi connectivity index (χ3v) is 3.97.